The number of nitrogens with one attached hydrogen (secondary N) is 1. The number of rotatable bonds is 10. The molecule has 0 aliphatic heterocycles. The SMILES string of the molecule is CCCCOCCOc1cc(F)cc(CNC2CC2)c1. The van der Waals surface area contributed by atoms with Crippen molar-refractivity contribution in [2.45, 2.75) is 45.2 Å². The summed E-state index contributed by atoms with van der Waals surface area (Å²) in [6.07, 6.45) is 4.65. The topological polar surface area (TPSA) is 30.5 Å². The van der Waals surface area contributed by atoms with Gasteiger partial charge in [-0.25, -0.2) is 4.39 Å². The minimum absolute atomic E-state index is 0.248. The van der Waals surface area contributed by atoms with Gasteiger partial charge in [-0.1, -0.05) is 13.3 Å². The highest BCUT2D eigenvalue weighted by molar-refractivity contribution is 5.29. The summed E-state index contributed by atoms with van der Waals surface area (Å²) in [5, 5.41) is 3.37. The molecule has 0 radical (unpaired) electrons. The zero-order valence-electron chi connectivity index (χ0n) is 12.2. The third-order valence-corrected chi connectivity index (χ3v) is 3.24. The highest BCUT2D eigenvalue weighted by Gasteiger charge is 2.20. The van der Waals surface area contributed by atoms with Gasteiger partial charge in [0.05, 0.1) is 6.61 Å². The molecule has 0 saturated heterocycles. The summed E-state index contributed by atoms with van der Waals surface area (Å²) in [5.74, 6) is 0.332. The van der Waals surface area contributed by atoms with Crippen LogP contribution in [0.15, 0.2) is 18.2 Å². The standard InChI is InChI=1S/C16H24FNO2/c1-2-3-6-19-7-8-20-16-10-13(9-14(17)11-16)12-18-15-4-5-15/h9-11,15,18H,2-8,12H2,1H3. The Hall–Kier alpha value is -1.13. The molecule has 1 aliphatic rings. The lowest BCUT2D eigenvalue weighted by Crippen LogP contribution is -2.15. The van der Waals surface area contributed by atoms with Gasteiger partial charge in [-0.15, -0.1) is 0 Å². The normalized spacial score (nSPS) is 14.5. The van der Waals surface area contributed by atoms with Crippen LogP contribution in [0.3, 0.4) is 0 Å². The molecule has 2 rings (SSSR count). The third-order valence-electron chi connectivity index (χ3n) is 3.24. The Morgan fingerprint density at radius 3 is 2.80 bits per heavy atom. The second-order valence-electron chi connectivity index (χ2n) is 5.26. The van der Waals surface area contributed by atoms with Crippen molar-refractivity contribution in [1.29, 1.82) is 0 Å². The Morgan fingerprint density at radius 2 is 2.05 bits per heavy atom. The van der Waals surface area contributed by atoms with Crippen molar-refractivity contribution in [1.82, 2.24) is 5.32 Å². The molecule has 1 aromatic rings. The van der Waals surface area contributed by atoms with E-state index in [9.17, 15) is 4.39 Å². The van der Waals surface area contributed by atoms with Crippen LogP contribution in [0, 0.1) is 5.82 Å². The van der Waals surface area contributed by atoms with Crippen LogP contribution in [0.25, 0.3) is 0 Å². The average Bonchev–Trinajstić information content (AvgIpc) is 3.24. The monoisotopic (exact) mass is 281 g/mol. The highest BCUT2D eigenvalue weighted by atomic mass is 19.1. The Morgan fingerprint density at radius 1 is 1.20 bits per heavy atom. The fourth-order valence-electron chi connectivity index (χ4n) is 1.92. The molecule has 0 spiro atoms. The first-order chi connectivity index (χ1) is 9.78. The van der Waals surface area contributed by atoms with E-state index in [0.29, 0.717) is 31.5 Å². The molecule has 1 N–H and O–H groups in total. The second-order valence-corrected chi connectivity index (χ2v) is 5.26. The lowest BCUT2D eigenvalue weighted by Gasteiger charge is -2.09. The molecule has 1 fully saturated rings. The largest absolute Gasteiger partial charge is 0.491 e. The summed E-state index contributed by atoms with van der Waals surface area (Å²) in [5.41, 5.74) is 0.929. The van der Waals surface area contributed by atoms with Crippen LogP contribution in [0.5, 0.6) is 5.75 Å². The van der Waals surface area contributed by atoms with Gasteiger partial charge in [0.2, 0.25) is 0 Å². The molecule has 0 amide bonds. The quantitative estimate of drug-likeness (QED) is 0.668. The minimum atomic E-state index is -0.248. The van der Waals surface area contributed by atoms with Crippen molar-refractivity contribution in [3.05, 3.63) is 29.6 Å². The van der Waals surface area contributed by atoms with E-state index in [2.05, 4.69) is 12.2 Å². The fraction of sp³-hybridized carbons (Fsp3) is 0.625. The highest BCUT2D eigenvalue weighted by Crippen LogP contribution is 2.21. The summed E-state index contributed by atoms with van der Waals surface area (Å²) >= 11 is 0. The minimum Gasteiger partial charge on any atom is -0.491 e. The van der Waals surface area contributed by atoms with E-state index in [0.717, 1.165) is 25.0 Å². The van der Waals surface area contributed by atoms with Crippen LogP contribution in [0.4, 0.5) is 4.39 Å². The Labute approximate surface area is 120 Å². The van der Waals surface area contributed by atoms with Crippen LogP contribution >= 0.6 is 0 Å². The lowest BCUT2D eigenvalue weighted by molar-refractivity contribution is 0.0979. The van der Waals surface area contributed by atoms with Gasteiger partial charge in [0, 0.05) is 25.3 Å². The van der Waals surface area contributed by atoms with Crippen molar-refractivity contribution in [2.75, 3.05) is 19.8 Å². The predicted octanol–water partition coefficient (Wildman–Crippen LogP) is 3.27. The van der Waals surface area contributed by atoms with Crippen LogP contribution in [-0.2, 0) is 11.3 Å². The third kappa shape index (κ3) is 5.88. The second kappa shape index (κ2) is 8.22. The molecule has 3 nitrogen and oxygen atoms in total. The van der Waals surface area contributed by atoms with Crippen LogP contribution in [-0.4, -0.2) is 25.9 Å². The maximum atomic E-state index is 13.5. The smallest absolute Gasteiger partial charge is 0.127 e. The molecule has 112 valence electrons. The summed E-state index contributed by atoms with van der Waals surface area (Å²) in [7, 11) is 0. The van der Waals surface area contributed by atoms with Gasteiger partial charge in [0.15, 0.2) is 0 Å². The first-order valence-corrected chi connectivity index (χ1v) is 7.51. The molecular weight excluding hydrogens is 257 g/mol. The Balaban J connectivity index is 1.72. The lowest BCUT2D eigenvalue weighted by atomic mass is 10.2. The first-order valence-electron chi connectivity index (χ1n) is 7.51. The van der Waals surface area contributed by atoms with Crippen molar-refractivity contribution in [2.24, 2.45) is 0 Å². The van der Waals surface area contributed by atoms with E-state index in [1.165, 1.54) is 18.9 Å². The van der Waals surface area contributed by atoms with E-state index >= 15 is 0 Å². The maximum absolute atomic E-state index is 13.5. The number of unbranched alkanes of at least 4 members (excludes halogenated alkanes) is 1. The number of hydrogen-bond acceptors (Lipinski definition) is 3. The van der Waals surface area contributed by atoms with Gasteiger partial charge in [-0.3, -0.25) is 0 Å². The number of ether oxygens (including phenoxy) is 2. The number of hydrogen-bond donors (Lipinski definition) is 1. The number of benzene rings is 1. The molecule has 1 aromatic carbocycles. The van der Waals surface area contributed by atoms with Crippen LogP contribution in [0.2, 0.25) is 0 Å². The molecule has 1 saturated carbocycles. The number of halogens is 1. The molecule has 0 unspecified atom stereocenters. The van der Waals surface area contributed by atoms with E-state index in [1.54, 1.807) is 6.07 Å². The van der Waals surface area contributed by atoms with E-state index in [-0.39, 0.29) is 5.82 Å². The molecule has 1 aliphatic carbocycles. The van der Waals surface area contributed by atoms with Gasteiger partial charge < -0.3 is 14.8 Å². The molecule has 0 heterocycles. The van der Waals surface area contributed by atoms with E-state index in [4.69, 9.17) is 9.47 Å². The van der Waals surface area contributed by atoms with Gasteiger partial charge in [0.1, 0.15) is 18.2 Å². The molecule has 0 bridgehead atoms. The summed E-state index contributed by atoms with van der Waals surface area (Å²) in [6, 6.07) is 5.49. The Kier molecular flexibility index (Phi) is 6.27. The fourth-order valence-corrected chi connectivity index (χ4v) is 1.92. The van der Waals surface area contributed by atoms with Crippen molar-refractivity contribution in [3.8, 4) is 5.75 Å². The van der Waals surface area contributed by atoms with Gasteiger partial charge in [-0.2, -0.15) is 0 Å². The van der Waals surface area contributed by atoms with Gasteiger partial charge >= 0.3 is 0 Å². The van der Waals surface area contributed by atoms with Crippen LogP contribution < -0.4 is 10.1 Å². The zero-order chi connectivity index (χ0) is 14.2. The molecule has 0 atom stereocenters. The predicted molar refractivity (Wildman–Crippen MR) is 77.5 cm³/mol. The van der Waals surface area contributed by atoms with Crippen molar-refractivity contribution >= 4 is 0 Å². The van der Waals surface area contributed by atoms with Gasteiger partial charge in [-0.05, 0) is 37.0 Å². The molecule has 0 aromatic heterocycles. The van der Waals surface area contributed by atoms with Gasteiger partial charge in [0.25, 0.3) is 0 Å². The molecule has 20 heavy (non-hydrogen) atoms. The summed E-state index contributed by atoms with van der Waals surface area (Å²) in [4.78, 5) is 0. The zero-order valence-corrected chi connectivity index (χ0v) is 12.2. The van der Waals surface area contributed by atoms with E-state index < -0.39 is 0 Å². The molecule has 4 heteroatoms. The Bertz CT molecular complexity index is 407. The van der Waals surface area contributed by atoms with E-state index in [1.807, 2.05) is 6.07 Å². The molecular formula is C16H24FNO2. The van der Waals surface area contributed by atoms with Crippen LogP contribution in [0.1, 0.15) is 38.2 Å². The summed E-state index contributed by atoms with van der Waals surface area (Å²) in [6.45, 7) is 4.60. The first kappa shape index (κ1) is 15.3. The summed E-state index contributed by atoms with van der Waals surface area (Å²) < 4.78 is 24.5. The van der Waals surface area contributed by atoms with Crippen molar-refractivity contribution < 1.29 is 13.9 Å². The average molecular weight is 281 g/mol. The maximum Gasteiger partial charge on any atom is 0.127 e. The van der Waals surface area contributed by atoms with Crippen molar-refractivity contribution in [3.63, 3.8) is 0 Å².